The van der Waals surface area contributed by atoms with Crippen LogP contribution in [0.25, 0.3) is 0 Å². The molecular weight excluding hydrogens is 160 g/mol. The molecule has 1 nitrogen and oxygen atoms in total. The first-order chi connectivity index (χ1) is 6.41. The van der Waals surface area contributed by atoms with E-state index in [0.717, 1.165) is 19.3 Å². The number of aliphatic hydroxyl groups excluding tert-OH is 1. The van der Waals surface area contributed by atoms with Crippen molar-refractivity contribution in [2.75, 3.05) is 6.61 Å². The van der Waals surface area contributed by atoms with Gasteiger partial charge in [-0.2, -0.15) is 0 Å². The minimum Gasteiger partial charge on any atom is -0.396 e. The molecule has 1 heteroatoms. The average molecular weight is 182 g/mol. The third kappa shape index (κ3) is 11.4. The Morgan fingerprint density at radius 2 is 1.54 bits per heavy atom. The van der Waals surface area contributed by atoms with Gasteiger partial charge in [0.1, 0.15) is 0 Å². The number of hydrogen-bond donors (Lipinski definition) is 1. The highest BCUT2D eigenvalue weighted by Crippen LogP contribution is 1.97. The van der Waals surface area contributed by atoms with Gasteiger partial charge in [-0.15, -0.1) is 0 Å². The molecule has 0 rings (SSSR count). The first-order valence-electron chi connectivity index (χ1n) is 5.34. The number of aliphatic hydroxyl groups is 1. The van der Waals surface area contributed by atoms with Crippen LogP contribution in [-0.2, 0) is 0 Å². The molecule has 0 aliphatic heterocycles. The molecule has 1 N–H and O–H groups in total. The molecule has 0 atom stereocenters. The number of rotatable bonds is 8. The second kappa shape index (κ2) is 11.4. The SMILES string of the molecule is CCCC/C=C/C=C/CCCCO. The molecule has 0 heterocycles. The highest BCUT2D eigenvalue weighted by Gasteiger charge is 1.80. The lowest BCUT2D eigenvalue weighted by molar-refractivity contribution is 0.285. The first kappa shape index (κ1) is 12.4. The Bertz CT molecular complexity index is 136. The Hall–Kier alpha value is -0.560. The van der Waals surface area contributed by atoms with E-state index in [2.05, 4.69) is 31.2 Å². The van der Waals surface area contributed by atoms with Gasteiger partial charge in [0, 0.05) is 6.61 Å². The molecule has 0 fully saturated rings. The highest BCUT2D eigenvalue weighted by molar-refractivity contribution is 5.02. The summed E-state index contributed by atoms with van der Waals surface area (Å²) in [7, 11) is 0. The Morgan fingerprint density at radius 1 is 0.923 bits per heavy atom. The van der Waals surface area contributed by atoms with Gasteiger partial charge in [0.25, 0.3) is 0 Å². The van der Waals surface area contributed by atoms with E-state index in [1.807, 2.05) is 0 Å². The van der Waals surface area contributed by atoms with Gasteiger partial charge in [0.15, 0.2) is 0 Å². The van der Waals surface area contributed by atoms with Gasteiger partial charge in [-0.25, -0.2) is 0 Å². The van der Waals surface area contributed by atoms with Crippen molar-refractivity contribution in [2.24, 2.45) is 0 Å². The smallest absolute Gasteiger partial charge is 0.0431 e. The highest BCUT2D eigenvalue weighted by atomic mass is 16.2. The number of allylic oxidation sites excluding steroid dienone is 4. The van der Waals surface area contributed by atoms with E-state index in [4.69, 9.17) is 5.11 Å². The summed E-state index contributed by atoms with van der Waals surface area (Å²) < 4.78 is 0. The zero-order valence-electron chi connectivity index (χ0n) is 8.71. The Balaban J connectivity index is 3.15. The largest absolute Gasteiger partial charge is 0.396 e. The fraction of sp³-hybridized carbons (Fsp3) is 0.667. The van der Waals surface area contributed by atoms with Crippen LogP contribution in [0.2, 0.25) is 0 Å². The maximum Gasteiger partial charge on any atom is 0.0431 e. The zero-order chi connectivity index (χ0) is 9.78. The molecule has 0 aromatic heterocycles. The fourth-order valence-corrected chi connectivity index (χ4v) is 1.05. The van der Waals surface area contributed by atoms with E-state index in [1.54, 1.807) is 0 Å². The third-order valence-electron chi connectivity index (χ3n) is 1.89. The van der Waals surface area contributed by atoms with E-state index in [1.165, 1.54) is 19.3 Å². The lowest BCUT2D eigenvalue weighted by Crippen LogP contribution is -1.79. The first-order valence-corrected chi connectivity index (χ1v) is 5.34. The molecule has 0 bridgehead atoms. The predicted molar refractivity (Wildman–Crippen MR) is 58.7 cm³/mol. The van der Waals surface area contributed by atoms with E-state index in [9.17, 15) is 0 Å². The van der Waals surface area contributed by atoms with Crippen LogP contribution in [0.15, 0.2) is 24.3 Å². The van der Waals surface area contributed by atoms with E-state index < -0.39 is 0 Å². The van der Waals surface area contributed by atoms with Crippen LogP contribution in [-0.4, -0.2) is 11.7 Å². The summed E-state index contributed by atoms with van der Waals surface area (Å²) in [4.78, 5) is 0. The van der Waals surface area contributed by atoms with Crippen LogP contribution in [0.5, 0.6) is 0 Å². The molecule has 0 radical (unpaired) electrons. The standard InChI is InChI=1S/C12H22O/c1-2-3-4-5-6-7-8-9-10-11-12-13/h5-8,13H,2-4,9-12H2,1H3/b6-5+,8-7+. The lowest BCUT2D eigenvalue weighted by atomic mass is 10.2. The molecule has 0 unspecified atom stereocenters. The van der Waals surface area contributed by atoms with E-state index in [0.29, 0.717) is 6.61 Å². The van der Waals surface area contributed by atoms with Gasteiger partial charge < -0.3 is 5.11 Å². The molecule has 0 aliphatic carbocycles. The molecule has 0 amide bonds. The van der Waals surface area contributed by atoms with E-state index >= 15 is 0 Å². The van der Waals surface area contributed by atoms with Crippen molar-refractivity contribution >= 4 is 0 Å². The van der Waals surface area contributed by atoms with Crippen LogP contribution < -0.4 is 0 Å². The Labute approximate surface area is 82.2 Å². The average Bonchev–Trinajstić information content (AvgIpc) is 2.16. The van der Waals surface area contributed by atoms with Crippen LogP contribution in [0, 0.1) is 0 Å². The predicted octanol–water partition coefficient (Wildman–Crippen LogP) is 3.45. The number of hydrogen-bond acceptors (Lipinski definition) is 1. The molecule has 0 aromatic rings. The fourth-order valence-electron chi connectivity index (χ4n) is 1.05. The molecule has 0 saturated carbocycles. The van der Waals surface area contributed by atoms with Gasteiger partial charge in [0.05, 0.1) is 0 Å². The van der Waals surface area contributed by atoms with Gasteiger partial charge in [0.2, 0.25) is 0 Å². The van der Waals surface area contributed by atoms with Crippen LogP contribution in [0.1, 0.15) is 45.4 Å². The molecule has 76 valence electrons. The second-order valence-corrected chi connectivity index (χ2v) is 3.22. The molecule has 0 aromatic carbocycles. The summed E-state index contributed by atoms with van der Waals surface area (Å²) >= 11 is 0. The van der Waals surface area contributed by atoms with Crippen molar-refractivity contribution in [1.29, 1.82) is 0 Å². The van der Waals surface area contributed by atoms with Gasteiger partial charge in [-0.3, -0.25) is 0 Å². The normalized spacial score (nSPS) is 11.8. The zero-order valence-corrected chi connectivity index (χ0v) is 8.71. The van der Waals surface area contributed by atoms with Crippen molar-refractivity contribution in [2.45, 2.75) is 45.4 Å². The summed E-state index contributed by atoms with van der Waals surface area (Å²) in [5.41, 5.74) is 0. The maximum absolute atomic E-state index is 8.53. The molecule has 0 saturated heterocycles. The Morgan fingerprint density at radius 3 is 2.08 bits per heavy atom. The third-order valence-corrected chi connectivity index (χ3v) is 1.89. The molecule has 0 spiro atoms. The molecular formula is C12H22O. The summed E-state index contributed by atoms with van der Waals surface area (Å²) in [6, 6.07) is 0. The maximum atomic E-state index is 8.53. The van der Waals surface area contributed by atoms with E-state index in [-0.39, 0.29) is 0 Å². The van der Waals surface area contributed by atoms with Gasteiger partial charge in [-0.1, -0.05) is 44.1 Å². The van der Waals surface area contributed by atoms with Crippen LogP contribution >= 0.6 is 0 Å². The molecule has 13 heavy (non-hydrogen) atoms. The van der Waals surface area contributed by atoms with Crippen LogP contribution in [0.3, 0.4) is 0 Å². The minimum absolute atomic E-state index is 0.320. The van der Waals surface area contributed by atoms with Crippen LogP contribution in [0.4, 0.5) is 0 Å². The topological polar surface area (TPSA) is 20.2 Å². The monoisotopic (exact) mass is 182 g/mol. The quantitative estimate of drug-likeness (QED) is 0.450. The summed E-state index contributed by atoms with van der Waals surface area (Å²) in [5, 5.41) is 8.53. The molecule has 0 aliphatic rings. The Kier molecular flexibility index (Phi) is 10.9. The van der Waals surface area contributed by atoms with Crippen molar-refractivity contribution in [3.8, 4) is 0 Å². The van der Waals surface area contributed by atoms with Gasteiger partial charge >= 0.3 is 0 Å². The summed E-state index contributed by atoms with van der Waals surface area (Å²) in [6.07, 6.45) is 15.4. The van der Waals surface area contributed by atoms with Crippen molar-refractivity contribution in [3.63, 3.8) is 0 Å². The van der Waals surface area contributed by atoms with Crippen molar-refractivity contribution in [3.05, 3.63) is 24.3 Å². The summed E-state index contributed by atoms with van der Waals surface area (Å²) in [6.45, 7) is 2.53. The second-order valence-electron chi connectivity index (χ2n) is 3.22. The number of unbranched alkanes of at least 4 members (excludes halogenated alkanes) is 4. The lowest BCUT2D eigenvalue weighted by Gasteiger charge is -1.89. The van der Waals surface area contributed by atoms with Gasteiger partial charge in [-0.05, 0) is 25.7 Å². The van der Waals surface area contributed by atoms with Crippen molar-refractivity contribution in [1.82, 2.24) is 0 Å². The summed E-state index contributed by atoms with van der Waals surface area (Å²) in [5.74, 6) is 0. The van der Waals surface area contributed by atoms with Crippen molar-refractivity contribution < 1.29 is 5.11 Å². The minimum atomic E-state index is 0.320.